The van der Waals surface area contributed by atoms with E-state index in [2.05, 4.69) is 13.8 Å². The number of ether oxygens (including phenoxy) is 5. The predicted molar refractivity (Wildman–Crippen MR) is 118 cm³/mol. The van der Waals surface area contributed by atoms with E-state index in [1.165, 1.54) is 64.2 Å². The van der Waals surface area contributed by atoms with Crippen LogP contribution in [0.15, 0.2) is 0 Å². The van der Waals surface area contributed by atoms with Crippen LogP contribution in [0.25, 0.3) is 0 Å². The number of aliphatic hydroxyl groups is 1. The largest absolute Gasteiger partial charge is 0.394 e. The molecule has 0 aliphatic carbocycles. The topological polar surface area (TPSA) is 66.4 Å². The Hall–Kier alpha value is -0.240. The monoisotopic (exact) mass is 420 g/mol. The average molecular weight is 421 g/mol. The number of rotatable bonds is 25. The van der Waals surface area contributed by atoms with Crippen molar-refractivity contribution in [3.8, 4) is 0 Å². The van der Waals surface area contributed by atoms with Crippen LogP contribution in [-0.2, 0) is 23.7 Å². The standard InChI is InChI=1S/C23H48O6/c1-3-5-7-8-10-12-23(11-9-6-4-2)29-22-21-28-20-19-27-18-17-26-16-15-25-14-13-24/h23-24H,3-22H2,1-2H3. The molecule has 0 rings (SSSR count). The summed E-state index contributed by atoms with van der Waals surface area (Å²) in [5, 5.41) is 8.57. The third-order valence-corrected chi connectivity index (χ3v) is 4.69. The number of hydrogen-bond donors (Lipinski definition) is 1. The predicted octanol–water partition coefficient (Wildman–Crippen LogP) is 4.37. The van der Waals surface area contributed by atoms with Gasteiger partial charge in [0.1, 0.15) is 0 Å². The van der Waals surface area contributed by atoms with Crippen molar-refractivity contribution in [2.75, 3.05) is 66.1 Å². The first-order valence-corrected chi connectivity index (χ1v) is 11.9. The molecule has 0 heterocycles. The van der Waals surface area contributed by atoms with Crippen LogP contribution >= 0.6 is 0 Å². The number of unbranched alkanes of at least 4 members (excludes halogenated alkanes) is 6. The van der Waals surface area contributed by atoms with Crippen molar-refractivity contribution >= 4 is 0 Å². The molecule has 6 nitrogen and oxygen atoms in total. The lowest BCUT2D eigenvalue weighted by Gasteiger charge is -2.18. The molecule has 0 amide bonds. The second-order valence-corrected chi connectivity index (χ2v) is 7.36. The van der Waals surface area contributed by atoms with Crippen molar-refractivity contribution in [3.05, 3.63) is 0 Å². The second kappa shape index (κ2) is 25.8. The highest BCUT2D eigenvalue weighted by atomic mass is 16.6. The van der Waals surface area contributed by atoms with Crippen LogP contribution in [0.2, 0.25) is 0 Å². The van der Waals surface area contributed by atoms with E-state index in [0.717, 1.165) is 0 Å². The Morgan fingerprint density at radius 1 is 0.517 bits per heavy atom. The first-order valence-electron chi connectivity index (χ1n) is 11.9. The van der Waals surface area contributed by atoms with Crippen molar-refractivity contribution < 1.29 is 28.8 Å². The summed E-state index contributed by atoms with van der Waals surface area (Å²) in [5.41, 5.74) is 0. The molecule has 176 valence electrons. The molecule has 29 heavy (non-hydrogen) atoms. The van der Waals surface area contributed by atoms with Crippen LogP contribution < -0.4 is 0 Å². The van der Waals surface area contributed by atoms with Crippen molar-refractivity contribution in [1.82, 2.24) is 0 Å². The molecule has 1 unspecified atom stereocenters. The van der Waals surface area contributed by atoms with Crippen molar-refractivity contribution in [1.29, 1.82) is 0 Å². The van der Waals surface area contributed by atoms with E-state index in [0.29, 0.717) is 65.6 Å². The smallest absolute Gasteiger partial charge is 0.0704 e. The van der Waals surface area contributed by atoms with Gasteiger partial charge in [0.2, 0.25) is 0 Å². The van der Waals surface area contributed by atoms with Gasteiger partial charge in [-0.2, -0.15) is 0 Å². The summed E-state index contributed by atoms with van der Waals surface area (Å²) in [4.78, 5) is 0. The SMILES string of the molecule is CCCCCCCC(CCCCC)OCCOCCOCCOCCOCCO. The van der Waals surface area contributed by atoms with Gasteiger partial charge in [0.15, 0.2) is 0 Å². The zero-order chi connectivity index (χ0) is 21.3. The van der Waals surface area contributed by atoms with Crippen molar-refractivity contribution in [3.63, 3.8) is 0 Å². The molecule has 0 aromatic rings. The van der Waals surface area contributed by atoms with Gasteiger partial charge in [-0.25, -0.2) is 0 Å². The van der Waals surface area contributed by atoms with Crippen LogP contribution in [0.5, 0.6) is 0 Å². The minimum absolute atomic E-state index is 0.0483. The molecule has 0 saturated heterocycles. The van der Waals surface area contributed by atoms with Crippen LogP contribution in [-0.4, -0.2) is 77.3 Å². The molecule has 0 radical (unpaired) electrons. The molecule has 0 fully saturated rings. The summed E-state index contributed by atoms with van der Waals surface area (Å²) < 4.78 is 27.6. The Labute approximate surface area is 179 Å². The average Bonchev–Trinajstić information content (AvgIpc) is 2.73. The third-order valence-electron chi connectivity index (χ3n) is 4.69. The van der Waals surface area contributed by atoms with E-state index < -0.39 is 0 Å². The van der Waals surface area contributed by atoms with Gasteiger partial charge in [-0.3, -0.25) is 0 Å². The minimum Gasteiger partial charge on any atom is -0.394 e. The van der Waals surface area contributed by atoms with Crippen LogP contribution in [0.4, 0.5) is 0 Å². The van der Waals surface area contributed by atoms with Gasteiger partial charge in [0.25, 0.3) is 0 Å². The van der Waals surface area contributed by atoms with Gasteiger partial charge in [-0.1, -0.05) is 65.2 Å². The Morgan fingerprint density at radius 3 is 1.45 bits per heavy atom. The maximum absolute atomic E-state index is 8.57. The highest BCUT2D eigenvalue weighted by Crippen LogP contribution is 2.15. The molecule has 0 bridgehead atoms. The minimum atomic E-state index is 0.0483. The second-order valence-electron chi connectivity index (χ2n) is 7.36. The van der Waals surface area contributed by atoms with Crippen LogP contribution in [0, 0.1) is 0 Å². The fraction of sp³-hybridized carbons (Fsp3) is 1.00. The molecule has 0 spiro atoms. The van der Waals surface area contributed by atoms with E-state index >= 15 is 0 Å². The van der Waals surface area contributed by atoms with Gasteiger partial charge in [0, 0.05) is 0 Å². The summed E-state index contributed by atoms with van der Waals surface area (Å²) in [6, 6.07) is 0. The van der Waals surface area contributed by atoms with Crippen molar-refractivity contribution in [2.45, 2.75) is 84.2 Å². The Morgan fingerprint density at radius 2 is 0.931 bits per heavy atom. The zero-order valence-electron chi connectivity index (χ0n) is 19.2. The summed E-state index contributed by atoms with van der Waals surface area (Å²) in [5.74, 6) is 0. The summed E-state index contributed by atoms with van der Waals surface area (Å²) in [6.45, 7) is 9.49. The van der Waals surface area contributed by atoms with Gasteiger partial charge in [-0.05, 0) is 12.8 Å². The maximum Gasteiger partial charge on any atom is 0.0704 e. The fourth-order valence-electron chi connectivity index (χ4n) is 3.01. The molecule has 0 saturated carbocycles. The highest BCUT2D eigenvalue weighted by molar-refractivity contribution is 4.60. The summed E-state index contributed by atoms with van der Waals surface area (Å²) in [7, 11) is 0. The zero-order valence-corrected chi connectivity index (χ0v) is 19.2. The van der Waals surface area contributed by atoms with E-state index in [1.54, 1.807) is 0 Å². The molecule has 0 aliphatic rings. The first kappa shape index (κ1) is 28.8. The van der Waals surface area contributed by atoms with Crippen LogP contribution in [0.3, 0.4) is 0 Å². The molecule has 6 heteroatoms. The first-order chi connectivity index (χ1) is 14.3. The lowest BCUT2D eigenvalue weighted by Crippen LogP contribution is -2.18. The summed E-state index contributed by atoms with van der Waals surface area (Å²) >= 11 is 0. The Bertz CT molecular complexity index is 291. The molecule has 1 atom stereocenters. The number of hydrogen-bond acceptors (Lipinski definition) is 6. The molecular weight excluding hydrogens is 372 g/mol. The van der Waals surface area contributed by atoms with Crippen LogP contribution in [0.1, 0.15) is 78.1 Å². The lowest BCUT2D eigenvalue weighted by atomic mass is 10.0. The molecule has 1 N–H and O–H groups in total. The molecular formula is C23H48O6. The Balaban J connectivity index is 3.48. The Kier molecular flexibility index (Phi) is 25.6. The quantitative estimate of drug-likeness (QED) is 0.221. The van der Waals surface area contributed by atoms with Gasteiger partial charge in [-0.15, -0.1) is 0 Å². The van der Waals surface area contributed by atoms with Crippen molar-refractivity contribution in [2.24, 2.45) is 0 Å². The lowest BCUT2D eigenvalue weighted by molar-refractivity contribution is -0.0272. The van der Waals surface area contributed by atoms with E-state index in [1.807, 2.05) is 0 Å². The number of aliphatic hydroxyl groups excluding tert-OH is 1. The van der Waals surface area contributed by atoms with Gasteiger partial charge < -0.3 is 28.8 Å². The normalized spacial score (nSPS) is 12.5. The molecule has 0 aromatic heterocycles. The van der Waals surface area contributed by atoms with Gasteiger partial charge in [0.05, 0.1) is 72.2 Å². The van der Waals surface area contributed by atoms with E-state index in [9.17, 15) is 0 Å². The fourth-order valence-corrected chi connectivity index (χ4v) is 3.01. The van der Waals surface area contributed by atoms with Gasteiger partial charge >= 0.3 is 0 Å². The molecule has 0 aromatic carbocycles. The summed E-state index contributed by atoms with van der Waals surface area (Å²) in [6.07, 6.45) is 13.2. The van der Waals surface area contributed by atoms with E-state index in [-0.39, 0.29) is 6.61 Å². The molecule has 0 aliphatic heterocycles. The highest BCUT2D eigenvalue weighted by Gasteiger charge is 2.08. The van der Waals surface area contributed by atoms with E-state index in [4.69, 9.17) is 28.8 Å². The third kappa shape index (κ3) is 23.9. The maximum atomic E-state index is 8.57.